The molecule has 3 aromatic carbocycles. The number of benzene rings is 3. The minimum absolute atomic E-state index is 0.148. The molecule has 6 nitrogen and oxygen atoms in total. The number of anilines is 1. The highest BCUT2D eigenvalue weighted by Gasteiger charge is 2.27. The highest BCUT2D eigenvalue weighted by molar-refractivity contribution is 7.98. The van der Waals surface area contributed by atoms with Crippen molar-refractivity contribution in [3.05, 3.63) is 83.2 Å². The van der Waals surface area contributed by atoms with Crippen LogP contribution in [0.5, 0.6) is 11.5 Å². The zero-order valence-corrected chi connectivity index (χ0v) is 19.8. The van der Waals surface area contributed by atoms with Crippen LogP contribution in [0.2, 0.25) is 0 Å². The molecular weight excluding hydrogens is 455 g/mol. The van der Waals surface area contributed by atoms with Crippen molar-refractivity contribution < 1.29 is 23.5 Å². The van der Waals surface area contributed by atoms with Crippen LogP contribution < -0.4 is 19.7 Å². The largest absolute Gasteiger partial charge is 0.493 e. The van der Waals surface area contributed by atoms with E-state index in [2.05, 4.69) is 5.32 Å². The Bertz CT molecular complexity index is 1200. The number of nitrogens with one attached hydrogen (secondary N) is 1. The van der Waals surface area contributed by atoms with Gasteiger partial charge in [0.1, 0.15) is 17.3 Å². The van der Waals surface area contributed by atoms with Gasteiger partial charge in [-0.05, 0) is 55.1 Å². The van der Waals surface area contributed by atoms with Gasteiger partial charge in [0.15, 0.2) is 6.61 Å². The maximum atomic E-state index is 13.7. The van der Waals surface area contributed by atoms with Crippen LogP contribution in [-0.4, -0.2) is 31.3 Å². The molecule has 0 aliphatic carbocycles. The fourth-order valence-electron chi connectivity index (χ4n) is 3.67. The summed E-state index contributed by atoms with van der Waals surface area (Å²) in [5.41, 5.74) is 2.66. The molecule has 0 fully saturated rings. The zero-order valence-electron chi connectivity index (χ0n) is 19.0. The van der Waals surface area contributed by atoms with E-state index >= 15 is 0 Å². The average Bonchev–Trinajstić information content (AvgIpc) is 2.85. The molecule has 1 aliphatic rings. The van der Waals surface area contributed by atoms with Crippen molar-refractivity contribution in [2.24, 2.45) is 0 Å². The Hall–Kier alpha value is -3.52. The van der Waals surface area contributed by atoms with E-state index in [1.54, 1.807) is 40.9 Å². The van der Waals surface area contributed by atoms with E-state index in [0.717, 1.165) is 10.5 Å². The summed E-state index contributed by atoms with van der Waals surface area (Å²) in [5, 5.41) is 2.91. The maximum Gasteiger partial charge on any atom is 0.265 e. The van der Waals surface area contributed by atoms with Gasteiger partial charge in [0.2, 0.25) is 0 Å². The minimum Gasteiger partial charge on any atom is -0.493 e. The third-order valence-electron chi connectivity index (χ3n) is 5.43. The van der Waals surface area contributed by atoms with Crippen LogP contribution in [0.3, 0.4) is 0 Å². The van der Waals surface area contributed by atoms with Gasteiger partial charge >= 0.3 is 0 Å². The van der Waals surface area contributed by atoms with Crippen molar-refractivity contribution in [2.45, 2.75) is 24.9 Å². The summed E-state index contributed by atoms with van der Waals surface area (Å²) < 4.78 is 24.8. The highest BCUT2D eigenvalue weighted by Crippen LogP contribution is 2.35. The monoisotopic (exact) mass is 480 g/mol. The molecule has 0 bridgehead atoms. The molecule has 2 amide bonds. The van der Waals surface area contributed by atoms with Crippen LogP contribution in [0.25, 0.3) is 0 Å². The number of rotatable bonds is 8. The first-order valence-corrected chi connectivity index (χ1v) is 12.1. The Balaban J connectivity index is 1.50. The Morgan fingerprint density at radius 3 is 2.68 bits per heavy atom. The van der Waals surface area contributed by atoms with E-state index in [0.29, 0.717) is 41.5 Å². The Morgan fingerprint density at radius 2 is 1.94 bits per heavy atom. The SMILES string of the molecule is CCOc1cc(F)ccc1CN1C(=O)COc2cc(C(=O)NCc3ccc(SC)cc3)ccc21. The van der Waals surface area contributed by atoms with Crippen LogP contribution in [0.4, 0.5) is 10.1 Å². The van der Waals surface area contributed by atoms with Crippen LogP contribution >= 0.6 is 11.8 Å². The van der Waals surface area contributed by atoms with E-state index in [9.17, 15) is 14.0 Å². The molecule has 4 rings (SSSR count). The van der Waals surface area contributed by atoms with Crippen molar-refractivity contribution in [3.63, 3.8) is 0 Å². The molecule has 0 saturated carbocycles. The van der Waals surface area contributed by atoms with Gasteiger partial charge in [-0.25, -0.2) is 4.39 Å². The summed E-state index contributed by atoms with van der Waals surface area (Å²) in [4.78, 5) is 28.1. The normalized spacial score (nSPS) is 12.7. The number of halogens is 1. The van der Waals surface area contributed by atoms with Crippen LogP contribution in [-0.2, 0) is 17.9 Å². The first kappa shape index (κ1) is 23.6. The quantitative estimate of drug-likeness (QED) is 0.469. The van der Waals surface area contributed by atoms with E-state index in [1.807, 2.05) is 37.4 Å². The van der Waals surface area contributed by atoms with E-state index in [4.69, 9.17) is 9.47 Å². The fourth-order valence-corrected chi connectivity index (χ4v) is 4.07. The lowest BCUT2D eigenvalue weighted by Crippen LogP contribution is -2.38. The number of carbonyl (C=O) groups is 2. The molecule has 0 spiro atoms. The molecule has 8 heteroatoms. The van der Waals surface area contributed by atoms with Crippen LogP contribution in [0.1, 0.15) is 28.4 Å². The molecular formula is C26H25FN2O4S. The number of hydrogen-bond donors (Lipinski definition) is 1. The number of ether oxygens (including phenoxy) is 2. The summed E-state index contributed by atoms with van der Waals surface area (Å²) >= 11 is 1.66. The number of fused-ring (bicyclic) bond motifs is 1. The minimum atomic E-state index is -0.406. The lowest BCUT2D eigenvalue weighted by Gasteiger charge is -2.30. The summed E-state index contributed by atoms with van der Waals surface area (Å²) in [6.45, 7) is 2.65. The second kappa shape index (κ2) is 10.6. The topological polar surface area (TPSA) is 67.9 Å². The maximum absolute atomic E-state index is 13.7. The first-order chi connectivity index (χ1) is 16.5. The molecule has 0 aromatic heterocycles. The Morgan fingerprint density at radius 1 is 1.15 bits per heavy atom. The lowest BCUT2D eigenvalue weighted by molar-refractivity contribution is -0.121. The molecule has 3 aromatic rings. The summed E-state index contributed by atoms with van der Waals surface area (Å²) in [6.07, 6.45) is 2.02. The van der Waals surface area contributed by atoms with Crippen molar-refractivity contribution in [2.75, 3.05) is 24.4 Å². The third-order valence-corrected chi connectivity index (χ3v) is 6.18. The van der Waals surface area contributed by atoms with Crippen LogP contribution in [0.15, 0.2) is 65.6 Å². The van der Waals surface area contributed by atoms with Crippen molar-refractivity contribution >= 4 is 29.3 Å². The molecule has 34 heavy (non-hydrogen) atoms. The molecule has 0 radical (unpaired) electrons. The fraction of sp³-hybridized carbons (Fsp3) is 0.231. The Labute approximate surface area is 202 Å². The molecule has 0 atom stereocenters. The van der Waals surface area contributed by atoms with Gasteiger partial charge in [-0.3, -0.25) is 9.59 Å². The van der Waals surface area contributed by atoms with Crippen molar-refractivity contribution in [1.29, 1.82) is 0 Å². The smallest absolute Gasteiger partial charge is 0.265 e. The van der Waals surface area contributed by atoms with E-state index in [-0.39, 0.29) is 25.0 Å². The molecule has 0 saturated heterocycles. The molecule has 1 heterocycles. The standard InChI is InChI=1S/C26H25FN2O4S/c1-3-32-23-13-20(27)8-6-19(23)15-29-22-11-7-18(12-24(22)33-16-25(29)30)26(31)28-14-17-4-9-21(34-2)10-5-17/h4-13H,3,14-16H2,1-2H3,(H,28,31). The second-order valence-corrected chi connectivity index (χ2v) is 8.55. The Kier molecular flexibility index (Phi) is 7.37. The average molecular weight is 481 g/mol. The van der Waals surface area contributed by atoms with E-state index in [1.165, 1.54) is 12.1 Å². The number of amides is 2. The van der Waals surface area contributed by atoms with Gasteiger partial charge in [0.25, 0.3) is 11.8 Å². The summed E-state index contributed by atoms with van der Waals surface area (Å²) in [6, 6.07) is 17.2. The van der Waals surface area contributed by atoms with Gasteiger partial charge in [-0.2, -0.15) is 0 Å². The van der Waals surface area contributed by atoms with Gasteiger partial charge in [-0.1, -0.05) is 18.2 Å². The molecule has 176 valence electrons. The van der Waals surface area contributed by atoms with Gasteiger partial charge in [-0.15, -0.1) is 11.8 Å². The second-order valence-electron chi connectivity index (χ2n) is 7.67. The van der Waals surface area contributed by atoms with Gasteiger partial charge < -0.3 is 19.7 Å². The number of hydrogen-bond acceptors (Lipinski definition) is 5. The summed E-state index contributed by atoms with van der Waals surface area (Å²) in [7, 11) is 0. The van der Waals surface area contributed by atoms with Crippen LogP contribution in [0, 0.1) is 5.82 Å². The third kappa shape index (κ3) is 5.34. The predicted octanol–water partition coefficient (Wildman–Crippen LogP) is 4.80. The highest BCUT2D eigenvalue weighted by atomic mass is 32.2. The molecule has 0 unspecified atom stereocenters. The molecule has 1 N–H and O–H groups in total. The zero-order chi connectivity index (χ0) is 24.1. The predicted molar refractivity (Wildman–Crippen MR) is 130 cm³/mol. The van der Waals surface area contributed by atoms with Gasteiger partial charge in [0.05, 0.1) is 18.8 Å². The summed E-state index contributed by atoms with van der Waals surface area (Å²) in [5.74, 6) is -0.0376. The van der Waals surface area contributed by atoms with Crippen molar-refractivity contribution in [3.8, 4) is 11.5 Å². The van der Waals surface area contributed by atoms with Gasteiger partial charge in [0, 0.05) is 28.6 Å². The lowest BCUT2D eigenvalue weighted by atomic mass is 10.1. The molecule has 1 aliphatic heterocycles. The number of carbonyl (C=O) groups excluding carboxylic acids is 2. The van der Waals surface area contributed by atoms with E-state index < -0.39 is 5.82 Å². The van der Waals surface area contributed by atoms with Crippen molar-refractivity contribution in [1.82, 2.24) is 5.32 Å². The number of nitrogens with zero attached hydrogens (tertiary/aromatic N) is 1. The first-order valence-electron chi connectivity index (χ1n) is 10.9. The number of thioether (sulfide) groups is 1.